The van der Waals surface area contributed by atoms with Crippen LogP contribution in [0.25, 0.3) is 11.6 Å². The Labute approximate surface area is 257 Å². The third-order valence-corrected chi connectivity index (χ3v) is 9.39. The van der Waals surface area contributed by atoms with E-state index in [1.165, 1.54) is 11.3 Å². The van der Waals surface area contributed by atoms with E-state index < -0.39 is 36.3 Å². The van der Waals surface area contributed by atoms with Crippen LogP contribution in [-0.4, -0.2) is 98.8 Å². The third kappa shape index (κ3) is 5.64. The van der Waals surface area contributed by atoms with Gasteiger partial charge in [0.25, 0.3) is 0 Å². The average Bonchev–Trinajstić information content (AvgIpc) is 3.69. The number of nitrogen functional groups attached to an aromatic ring is 1. The largest absolute Gasteiger partial charge is 0.459 e. The quantitative estimate of drug-likeness (QED) is 0.414. The van der Waals surface area contributed by atoms with Crippen molar-refractivity contribution in [1.29, 1.82) is 5.26 Å². The number of likely N-dealkylation sites (N-methyl/N-ethyl adjacent to an activating group) is 1. The van der Waals surface area contributed by atoms with Crippen molar-refractivity contribution in [2.45, 2.75) is 75.8 Å². The van der Waals surface area contributed by atoms with Crippen molar-refractivity contribution < 1.29 is 27.6 Å². The first-order valence-electron chi connectivity index (χ1n) is 15.7. The minimum atomic E-state index is -2.51. The number of likely N-dealkylation sites (tertiary alicyclic amines) is 1. The molecule has 3 aromatic heterocycles. The first-order valence-corrected chi connectivity index (χ1v) is 15.0. The minimum absolute atomic E-state index is 0.0134. The molecule has 1 unspecified atom stereocenters. The fourth-order valence-corrected chi connectivity index (χ4v) is 7.35. The van der Waals surface area contributed by atoms with E-state index in [1.807, 2.05) is 6.92 Å². The number of nitriles is 1. The van der Waals surface area contributed by atoms with E-state index in [0.717, 1.165) is 28.2 Å². The Balaban J connectivity index is 1.38. The van der Waals surface area contributed by atoms with Crippen molar-refractivity contribution in [2.24, 2.45) is 0 Å². The van der Waals surface area contributed by atoms with Gasteiger partial charge >= 0.3 is 6.01 Å². The summed E-state index contributed by atoms with van der Waals surface area (Å²) in [7, 11) is 0. The van der Waals surface area contributed by atoms with Gasteiger partial charge in [-0.2, -0.15) is 25.2 Å². The maximum Gasteiger partial charge on any atom is 0.322 e. The molecule has 43 heavy (non-hydrogen) atoms. The lowest BCUT2D eigenvalue weighted by atomic mass is 9.72. The zero-order valence-electron chi connectivity index (χ0n) is 27.2. The van der Waals surface area contributed by atoms with Crippen molar-refractivity contribution in [1.82, 2.24) is 30.0 Å². The van der Waals surface area contributed by atoms with Crippen molar-refractivity contribution in [3.8, 4) is 23.7 Å². The second-order valence-electron chi connectivity index (χ2n) is 11.9. The van der Waals surface area contributed by atoms with E-state index in [0.29, 0.717) is 30.1 Å². The van der Waals surface area contributed by atoms with Gasteiger partial charge in [-0.1, -0.05) is 5.16 Å². The SMILES string of the molecule is [2H]C([2H])([2H])N1C[C@H](F)C[C@H]1C(C)Oc1nc(-c2noc([C@@]3(C)CCCc4sc(N)c(C#N)c43)n2)nc(N2CCOC[C@@](C)(O)C2)n1. The van der Waals surface area contributed by atoms with Gasteiger partial charge in [-0.05, 0) is 53.4 Å². The fourth-order valence-electron chi connectivity index (χ4n) is 6.16. The number of fused-ring (bicyclic) bond motifs is 1. The Bertz CT molecular complexity index is 1650. The molecule has 3 aliphatic rings. The molecule has 0 spiro atoms. The number of aryl methyl sites for hydroxylation is 1. The zero-order valence-corrected chi connectivity index (χ0v) is 25.0. The molecule has 6 rings (SSSR count). The highest BCUT2D eigenvalue weighted by molar-refractivity contribution is 7.16. The molecule has 3 aromatic rings. The van der Waals surface area contributed by atoms with Gasteiger partial charge in [0.15, 0.2) is 0 Å². The van der Waals surface area contributed by atoms with Crippen LogP contribution in [0.2, 0.25) is 0 Å². The summed E-state index contributed by atoms with van der Waals surface area (Å²) < 4.78 is 55.5. The molecule has 3 N–H and O–H groups in total. The monoisotopic (exact) mass is 616 g/mol. The predicted molar refractivity (Wildman–Crippen MR) is 156 cm³/mol. The molecule has 0 aromatic carbocycles. The minimum Gasteiger partial charge on any atom is -0.459 e. The highest BCUT2D eigenvalue weighted by Crippen LogP contribution is 2.48. The van der Waals surface area contributed by atoms with E-state index in [1.54, 1.807) is 18.7 Å². The van der Waals surface area contributed by atoms with Crippen molar-refractivity contribution in [2.75, 3.05) is 50.5 Å². The van der Waals surface area contributed by atoms with E-state index >= 15 is 0 Å². The molecule has 0 bridgehead atoms. The lowest BCUT2D eigenvalue weighted by Gasteiger charge is -2.30. The number of rotatable bonds is 6. The fraction of sp³-hybridized carbons (Fsp3) is 0.643. The van der Waals surface area contributed by atoms with Crippen LogP contribution < -0.4 is 15.4 Å². The van der Waals surface area contributed by atoms with E-state index in [2.05, 4.69) is 31.2 Å². The molecule has 0 saturated carbocycles. The summed E-state index contributed by atoms with van der Waals surface area (Å²) in [5.41, 5.74) is 5.42. The van der Waals surface area contributed by atoms with Crippen LogP contribution in [-0.2, 0) is 16.6 Å². The van der Waals surface area contributed by atoms with Gasteiger partial charge in [0.05, 0.1) is 30.7 Å². The number of halogens is 1. The van der Waals surface area contributed by atoms with Gasteiger partial charge in [0.2, 0.25) is 23.5 Å². The maximum atomic E-state index is 14.4. The van der Waals surface area contributed by atoms with Gasteiger partial charge < -0.3 is 29.7 Å². The Hall–Kier alpha value is -3.45. The van der Waals surface area contributed by atoms with Crippen LogP contribution in [0.1, 0.15) is 66.0 Å². The van der Waals surface area contributed by atoms with Crippen molar-refractivity contribution in [3.63, 3.8) is 0 Å². The Morgan fingerprint density at radius 2 is 2.14 bits per heavy atom. The molecular formula is C28H36FN9O4S. The number of nitrogens with zero attached hydrogens (tertiary/aromatic N) is 8. The van der Waals surface area contributed by atoms with Crippen LogP contribution in [0, 0.1) is 11.3 Å². The van der Waals surface area contributed by atoms with Crippen LogP contribution >= 0.6 is 11.3 Å². The number of alkyl halides is 1. The topological polar surface area (TPSA) is 173 Å². The van der Waals surface area contributed by atoms with Crippen molar-refractivity contribution >= 4 is 22.3 Å². The lowest BCUT2D eigenvalue weighted by molar-refractivity contribution is -0.0123. The third-order valence-electron chi connectivity index (χ3n) is 8.31. The molecule has 15 heteroatoms. The van der Waals surface area contributed by atoms with Gasteiger partial charge in [0, 0.05) is 33.7 Å². The number of hydrogen-bond acceptors (Lipinski definition) is 14. The normalized spacial score (nSPS) is 30.0. The van der Waals surface area contributed by atoms with E-state index in [-0.39, 0.29) is 55.6 Å². The maximum absolute atomic E-state index is 14.4. The molecule has 5 atom stereocenters. The summed E-state index contributed by atoms with van der Waals surface area (Å²) in [5, 5.41) is 25.4. The molecule has 13 nitrogen and oxygen atoms in total. The summed E-state index contributed by atoms with van der Waals surface area (Å²) in [4.78, 5) is 22.1. The van der Waals surface area contributed by atoms with Gasteiger partial charge in [0.1, 0.15) is 28.9 Å². The van der Waals surface area contributed by atoms with Crippen LogP contribution in [0.4, 0.5) is 15.3 Å². The molecule has 2 aliphatic heterocycles. The standard InChI is InChI=1S/C28H36FN9O4S/c1-15(18-10-16(29)12-37(18)4)41-26-34-22(33-25(35-26)38-8-9-40-14-27(2,39)13-38)23-32-24(42-36-23)28(3)7-5-6-19-20(28)17(11-30)21(31)43-19/h15-16,18,39H,5-10,12-14,31H2,1-4H3/t15?,16-,18+,27+,28+/m1/s1/i4D3. The smallest absolute Gasteiger partial charge is 0.322 e. The summed E-state index contributed by atoms with van der Waals surface area (Å²) in [6.07, 6.45) is 0.131. The van der Waals surface area contributed by atoms with Crippen LogP contribution in [0.3, 0.4) is 0 Å². The molecule has 1 aliphatic carbocycles. The summed E-state index contributed by atoms with van der Waals surface area (Å²) in [6.45, 7) is 3.39. The second-order valence-corrected chi connectivity index (χ2v) is 13.1. The molecule has 2 fully saturated rings. The van der Waals surface area contributed by atoms with Crippen molar-refractivity contribution in [3.05, 3.63) is 21.9 Å². The number of β-amino-alcohol motifs (C(OH)–C–C–N with tert-alkyl or cyclic N) is 1. The average molecular weight is 617 g/mol. The van der Waals surface area contributed by atoms with Crippen LogP contribution in [0.15, 0.2) is 4.52 Å². The summed E-state index contributed by atoms with van der Waals surface area (Å²) >= 11 is 1.40. The number of hydrogen-bond donors (Lipinski definition) is 2. The highest BCUT2D eigenvalue weighted by atomic mass is 32.1. The Kier molecular flexibility index (Phi) is 6.79. The highest BCUT2D eigenvalue weighted by Gasteiger charge is 2.43. The second kappa shape index (κ2) is 11.2. The first-order chi connectivity index (χ1) is 21.7. The number of nitrogens with two attached hydrogens (primary N) is 1. The zero-order chi connectivity index (χ0) is 33.0. The number of thiophene rings is 1. The number of anilines is 2. The van der Waals surface area contributed by atoms with Crippen LogP contribution in [0.5, 0.6) is 6.01 Å². The Morgan fingerprint density at radius 3 is 2.93 bits per heavy atom. The molecule has 5 heterocycles. The molecule has 0 radical (unpaired) electrons. The molecule has 230 valence electrons. The predicted octanol–water partition coefficient (Wildman–Crippen LogP) is 2.48. The molecule has 0 amide bonds. The number of aromatic nitrogens is 5. The summed E-state index contributed by atoms with van der Waals surface area (Å²) in [5.74, 6) is 0.475. The van der Waals surface area contributed by atoms with Gasteiger partial charge in [-0.15, -0.1) is 11.3 Å². The van der Waals surface area contributed by atoms with Gasteiger partial charge in [-0.25, -0.2) is 4.39 Å². The first kappa shape index (κ1) is 26.0. The van der Waals surface area contributed by atoms with E-state index in [9.17, 15) is 14.8 Å². The van der Waals surface area contributed by atoms with E-state index in [4.69, 9.17) is 23.8 Å². The summed E-state index contributed by atoms with van der Waals surface area (Å²) in [6, 6.07) is 1.32. The number of aliphatic hydroxyl groups is 1. The molecule has 2 saturated heterocycles. The Morgan fingerprint density at radius 1 is 1.30 bits per heavy atom. The number of ether oxygens (including phenoxy) is 2. The molecular weight excluding hydrogens is 577 g/mol. The lowest BCUT2D eigenvalue weighted by Crippen LogP contribution is -2.42. The van der Waals surface area contributed by atoms with Gasteiger partial charge in [-0.3, -0.25) is 4.90 Å².